The van der Waals surface area contributed by atoms with E-state index >= 15 is 0 Å². The van der Waals surface area contributed by atoms with Crippen molar-refractivity contribution in [2.24, 2.45) is 0 Å². The SMILES string of the molecule is Cc1cccc2[nH]c(C3CCCN(C(=O)c4cccc(CO)n4)C3)nc12. The number of aliphatic hydroxyl groups is 1. The van der Waals surface area contributed by atoms with E-state index in [9.17, 15) is 9.90 Å². The van der Waals surface area contributed by atoms with Gasteiger partial charge in [-0.3, -0.25) is 4.79 Å². The number of hydrogen-bond donors (Lipinski definition) is 2. The molecule has 1 aliphatic rings. The van der Waals surface area contributed by atoms with Crippen molar-refractivity contribution in [3.05, 3.63) is 59.2 Å². The largest absolute Gasteiger partial charge is 0.390 e. The Balaban J connectivity index is 1.56. The summed E-state index contributed by atoms with van der Waals surface area (Å²) in [5.74, 6) is 1.06. The zero-order valence-corrected chi connectivity index (χ0v) is 14.8. The van der Waals surface area contributed by atoms with E-state index in [1.165, 1.54) is 0 Å². The highest BCUT2D eigenvalue weighted by Gasteiger charge is 2.28. The summed E-state index contributed by atoms with van der Waals surface area (Å²) >= 11 is 0. The quantitative estimate of drug-likeness (QED) is 0.761. The predicted octanol–water partition coefficient (Wildman–Crippen LogP) is 2.78. The molecule has 0 aliphatic carbocycles. The first-order valence-corrected chi connectivity index (χ1v) is 8.97. The summed E-state index contributed by atoms with van der Waals surface area (Å²) in [4.78, 5) is 27.1. The highest BCUT2D eigenvalue weighted by Crippen LogP contribution is 2.28. The number of pyridine rings is 1. The highest BCUT2D eigenvalue weighted by molar-refractivity contribution is 5.92. The molecule has 0 bridgehead atoms. The molecule has 26 heavy (non-hydrogen) atoms. The van der Waals surface area contributed by atoms with E-state index < -0.39 is 0 Å². The average Bonchev–Trinajstić information content (AvgIpc) is 3.13. The number of carbonyl (C=O) groups excluding carboxylic acids is 1. The van der Waals surface area contributed by atoms with Crippen LogP contribution in [0.2, 0.25) is 0 Å². The minimum Gasteiger partial charge on any atom is -0.390 e. The Hall–Kier alpha value is -2.73. The van der Waals surface area contributed by atoms with Crippen LogP contribution in [0.1, 0.15) is 46.3 Å². The van der Waals surface area contributed by atoms with Crippen molar-refractivity contribution >= 4 is 16.9 Å². The number of nitrogens with zero attached hydrogens (tertiary/aromatic N) is 3. The number of H-pyrrole nitrogens is 1. The van der Waals surface area contributed by atoms with Crippen LogP contribution < -0.4 is 0 Å². The van der Waals surface area contributed by atoms with Gasteiger partial charge in [-0.25, -0.2) is 9.97 Å². The van der Waals surface area contributed by atoms with Crippen molar-refractivity contribution in [2.45, 2.75) is 32.3 Å². The number of piperidine rings is 1. The zero-order chi connectivity index (χ0) is 18.1. The van der Waals surface area contributed by atoms with Gasteiger partial charge in [0.15, 0.2) is 0 Å². The van der Waals surface area contributed by atoms with Gasteiger partial charge in [0.25, 0.3) is 5.91 Å². The van der Waals surface area contributed by atoms with E-state index in [2.05, 4.69) is 23.0 Å². The summed E-state index contributed by atoms with van der Waals surface area (Å²) in [5, 5.41) is 9.24. The average molecular weight is 350 g/mol. The Labute approximate surface area is 151 Å². The van der Waals surface area contributed by atoms with E-state index in [0.717, 1.165) is 41.8 Å². The Morgan fingerprint density at radius 3 is 2.92 bits per heavy atom. The molecule has 2 aromatic heterocycles. The maximum atomic E-state index is 12.8. The molecule has 6 heteroatoms. The normalized spacial score (nSPS) is 17.6. The first kappa shape index (κ1) is 16.7. The molecule has 6 nitrogen and oxygen atoms in total. The highest BCUT2D eigenvalue weighted by atomic mass is 16.3. The first-order chi connectivity index (χ1) is 12.7. The van der Waals surface area contributed by atoms with Gasteiger partial charge in [0.1, 0.15) is 11.5 Å². The monoisotopic (exact) mass is 350 g/mol. The van der Waals surface area contributed by atoms with E-state index in [-0.39, 0.29) is 18.4 Å². The fourth-order valence-electron chi connectivity index (χ4n) is 3.62. The van der Waals surface area contributed by atoms with E-state index in [1.807, 2.05) is 17.0 Å². The van der Waals surface area contributed by atoms with Crippen molar-refractivity contribution in [3.63, 3.8) is 0 Å². The van der Waals surface area contributed by atoms with Crippen LogP contribution in [0, 0.1) is 6.92 Å². The lowest BCUT2D eigenvalue weighted by Gasteiger charge is -2.31. The van der Waals surface area contributed by atoms with Crippen molar-refractivity contribution in [3.8, 4) is 0 Å². The zero-order valence-electron chi connectivity index (χ0n) is 14.8. The van der Waals surface area contributed by atoms with E-state index in [1.54, 1.807) is 18.2 Å². The Kier molecular flexibility index (Phi) is 4.42. The number of para-hydroxylation sites is 1. The molecule has 3 heterocycles. The molecule has 1 amide bonds. The second kappa shape index (κ2) is 6.88. The molecular weight excluding hydrogens is 328 g/mol. The fourth-order valence-corrected chi connectivity index (χ4v) is 3.62. The minimum absolute atomic E-state index is 0.0858. The second-order valence-corrected chi connectivity index (χ2v) is 6.86. The van der Waals surface area contributed by atoms with Gasteiger partial charge in [0, 0.05) is 19.0 Å². The van der Waals surface area contributed by atoms with Gasteiger partial charge in [-0.05, 0) is 43.5 Å². The van der Waals surface area contributed by atoms with Crippen molar-refractivity contribution in [1.29, 1.82) is 0 Å². The minimum atomic E-state index is -0.165. The summed E-state index contributed by atoms with van der Waals surface area (Å²) in [7, 11) is 0. The molecule has 3 aromatic rings. The number of aromatic amines is 1. The van der Waals surface area contributed by atoms with Gasteiger partial charge in [-0.15, -0.1) is 0 Å². The number of likely N-dealkylation sites (tertiary alicyclic amines) is 1. The Morgan fingerprint density at radius 2 is 2.12 bits per heavy atom. The van der Waals surface area contributed by atoms with Crippen LogP contribution in [0.3, 0.4) is 0 Å². The molecule has 1 atom stereocenters. The van der Waals surface area contributed by atoms with Gasteiger partial charge in [-0.1, -0.05) is 18.2 Å². The standard InChI is InChI=1S/C20H22N4O2/c1-13-5-2-8-16-18(13)23-19(22-16)14-6-4-10-24(11-14)20(26)17-9-3-7-15(12-25)21-17/h2-3,5,7-9,14,25H,4,6,10-12H2,1H3,(H,22,23). The van der Waals surface area contributed by atoms with Gasteiger partial charge in [0.2, 0.25) is 0 Å². The molecule has 1 unspecified atom stereocenters. The number of benzene rings is 1. The maximum Gasteiger partial charge on any atom is 0.272 e. The number of nitrogens with one attached hydrogen (secondary N) is 1. The predicted molar refractivity (Wildman–Crippen MR) is 98.9 cm³/mol. The maximum absolute atomic E-state index is 12.8. The smallest absolute Gasteiger partial charge is 0.272 e. The van der Waals surface area contributed by atoms with Crippen LogP contribution >= 0.6 is 0 Å². The Morgan fingerprint density at radius 1 is 1.27 bits per heavy atom. The van der Waals surface area contributed by atoms with Crippen LogP contribution in [0.4, 0.5) is 0 Å². The topological polar surface area (TPSA) is 82.1 Å². The Bertz CT molecular complexity index is 950. The molecule has 1 fully saturated rings. The van der Waals surface area contributed by atoms with Crippen LogP contribution in [-0.4, -0.2) is 44.0 Å². The summed E-state index contributed by atoms with van der Waals surface area (Å²) in [5.41, 5.74) is 4.10. The van der Waals surface area contributed by atoms with Crippen LogP contribution in [0.25, 0.3) is 11.0 Å². The molecule has 1 aliphatic heterocycles. The molecule has 2 N–H and O–H groups in total. The van der Waals surface area contributed by atoms with Crippen molar-refractivity contribution in [1.82, 2.24) is 19.9 Å². The number of imidazole rings is 1. The second-order valence-electron chi connectivity index (χ2n) is 6.86. The summed E-state index contributed by atoms with van der Waals surface area (Å²) < 4.78 is 0. The number of aromatic nitrogens is 3. The molecule has 1 saturated heterocycles. The number of aryl methyl sites for hydroxylation is 1. The molecular formula is C20H22N4O2. The first-order valence-electron chi connectivity index (χ1n) is 8.97. The molecule has 0 spiro atoms. The molecule has 4 rings (SSSR count). The summed E-state index contributed by atoms with van der Waals surface area (Å²) in [6, 6.07) is 11.3. The molecule has 0 saturated carbocycles. The summed E-state index contributed by atoms with van der Waals surface area (Å²) in [6.45, 7) is 3.24. The van der Waals surface area contributed by atoms with Gasteiger partial charge >= 0.3 is 0 Å². The number of aliphatic hydroxyl groups excluding tert-OH is 1. The summed E-state index contributed by atoms with van der Waals surface area (Å²) in [6.07, 6.45) is 1.94. The lowest BCUT2D eigenvalue weighted by molar-refractivity contribution is 0.0698. The van der Waals surface area contributed by atoms with Crippen LogP contribution in [0.5, 0.6) is 0 Å². The third kappa shape index (κ3) is 3.08. The molecule has 0 radical (unpaired) electrons. The third-order valence-electron chi connectivity index (χ3n) is 5.02. The fraction of sp³-hybridized carbons (Fsp3) is 0.350. The van der Waals surface area contributed by atoms with Gasteiger partial charge in [0.05, 0.1) is 23.3 Å². The van der Waals surface area contributed by atoms with Crippen molar-refractivity contribution in [2.75, 3.05) is 13.1 Å². The molecule has 1 aromatic carbocycles. The number of carbonyl (C=O) groups is 1. The van der Waals surface area contributed by atoms with Crippen LogP contribution in [-0.2, 0) is 6.61 Å². The molecule has 134 valence electrons. The third-order valence-corrected chi connectivity index (χ3v) is 5.02. The number of hydrogen-bond acceptors (Lipinski definition) is 4. The van der Waals surface area contributed by atoms with Gasteiger partial charge < -0.3 is 15.0 Å². The number of rotatable bonds is 3. The number of amides is 1. The number of fused-ring (bicyclic) bond motifs is 1. The van der Waals surface area contributed by atoms with Crippen molar-refractivity contribution < 1.29 is 9.90 Å². The van der Waals surface area contributed by atoms with E-state index in [4.69, 9.17) is 4.98 Å². The van der Waals surface area contributed by atoms with E-state index in [0.29, 0.717) is 17.9 Å². The van der Waals surface area contributed by atoms with Gasteiger partial charge in [-0.2, -0.15) is 0 Å². The lowest BCUT2D eigenvalue weighted by atomic mass is 9.97. The van der Waals surface area contributed by atoms with Crippen LogP contribution in [0.15, 0.2) is 36.4 Å². The lowest BCUT2D eigenvalue weighted by Crippen LogP contribution is -2.39.